The summed E-state index contributed by atoms with van der Waals surface area (Å²) in [4.78, 5) is 12.5. The number of anilines is 1. The van der Waals surface area contributed by atoms with E-state index in [0.717, 1.165) is 22.4 Å². The van der Waals surface area contributed by atoms with Gasteiger partial charge in [0.15, 0.2) is 0 Å². The number of nitrogens with zero attached hydrogens (tertiary/aromatic N) is 2. The molecule has 1 amide bonds. The lowest BCUT2D eigenvalue weighted by atomic mass is 9.95. The first-order chi connectivity index (χ1) is 13.3. The van der Waals surface area contributed by atoms with Crippen LogP contribution in [0.5, 0.6) is 0 Å². The van der Waals surface area contributed by atoms with Crippen LogP contribution in [0.1, 0.15) is 49.4 Å². The Bertz CT molecular complexity index is 998. The number of hydrazone groups is 1. The van der Waals surface area contributed by atoms with Crippen LogP contribution in [0.4, 0.5) is 5.69 Å². The summed E-state index contributed by atoms with van der Waals surface area (Å²) in [5.74, 6) is 0.00350. The third-order valence-corrected chi connectivity index (χ3v) is 6.19. The van der Waals surface area contributed by atoms with Crippen LogP contribution in [0.2, 0.25) is 0 Å². The normalized spacial score (nSPS) is 16.8. The molecule has 6 nitrogen and oxygen atoms in total. The van der Waals surface area contributed by atoms with E-state index < -0.39 is 10.0 Å². The maximum Gasteiger partial charge on any atom is 0.242 e. The van der Waals surface area contributed by atoms with Gasteiger partial charge in [0.2, 0.25) is 15.9 Å². The summed E-state index contributed by atoms with van der Waals surface area (Å²) in [5, 5.41) is 6.20. The lowest BCUT2D eigenvalue weighted by molar-refractivity contribution is -0.132. The third kappa shape index (κ3) is 4.25. The monoisotopic (exact) mass is 399 g/mol. The van der Waals surface area contributed by atoms with Crippen LogP contribution in [0, 0.1) is 6.92 Å². The first-order valence-corrected chi connectivity index (χ1v) is 11.1. The van der Waals surface area contributed by atoms with Gasteiger partial charge >= 0.3 is 0 Å². The van der Waals surface area contributed by atoms with Crippen molar-refractivity contribution in [1.29, 1.82) is 0 Å². The number of carbonyl (C=O) groups excluding carboxylic acids is 1. The van der Waals surface area contributed by atoms with Crippen molar-refractivity contribution in [1.82, 2.24) is 5.01 Å². The molecule has 0 saturated carbocycles. The highest BCUT2D eigenvalue weighted by atomic mass is 32.2. The van der Waals surface area contributed by atoms with E-state index in [1.54, 1.807) is 24.1 Å². The smallest absolute Gasteiger partial charge is 0.242 e. The fourth-order valence-corrected chi connectivity index (χ4v) is 3.90. The van der Waals surface area contributed by atoms with Gasteiger partial charge in [-0.25, -0.2) is 13.4 Å². The van der Waals surface area contributed by atoms with Gasteiger partial charge in [0.25, 0.3) is 0 Å². The molecule has 1 aliphatic heterocycles. The molecule has 0 aromatic heterocycles. The summed E-state index contributed by atoms with van der Waals surface area (Å²) in [6.07, 6.45) is 1.01. The van der Waals surface area contributed by atoms with E-state index in [2.05, 4.69) is 9.82 Å². The third-order valence-electron chi connectivity index (χ3n) is 4.89. The minimum atomic E-state index is -3.31. The second-order valence-electron chi connectivity index (χ2n) is 6.80. The summed E-state index contributed by atoms with van der Waals surface area (Å²) in [5.41, 5.74) is 4.43. The van der Waals surface area contributed by atoms with E-state index in [4.69, 9.17) is 0 Å². The largest absolute Gasteiger partial charge is 0.284 e. The average molecular weight is 400 g/mol. The van der Waals surface area contributed by atoms with Crippen molar-refractivity contribution in [2.24, 2.45) is 5.10 Å². The summed E-state index contributed by atoms with van der Waals surface area (Å²) >= 11 is 0. The van der Waals surface area contributed by atoms with Crippen molar-refractivity contribution in [2.75, 3.05) is 10.5 Å². The van der Waals surface area contributed by atoms with Gasteiger partial charge in [0.05, 0.1) is 17.5 Å². The Kier molecular flexibility index (Phi) is 5.84. The van der Waals surface area contributed by atoms with Crippen molar-refractivity contribution in [3.63, 3.8) is 0 Å². The molecule has 1 atom stereocenters. The zero-order chi connectivity index (χ0) is 20.3. The van der Waals surface area contributed by atoms with Crippen molar-refractivity contribution in [3.8, 4) is 0 Å². The van der Waals surface area contributed by atoms with Crippen molar-refractivity contribution in [3.05, 3.63) is 65.2 Å². The van der Waals surface area contributed by atoms with Crippen LogP contribution in [-0.2, 0) is 14.8 Å². The second-order valence-corrected chi connectivity index (χ2v) is 8.81. The molecule has 2 aromatic carbocycles. The van der Waals surface area contributed by atoms with Gasteiger partial charge in [-0.3, -0.25) is 9.52 Å². The fourth-order valence-electron chi connectivity index (χ4n) is 3.26. The molecule has 0 fully saturated rings. The van der Waals surface area contributed by atoms with Crippen LogP contribution in [0.25, 0.3) is 0 Å². The number of amides is 1. The molecule has 0 bridgehead atoms. The lowest BCUT2D eigenvalue weighted by Gasteiger charge is -2.23. The molecule has 1 aliphatic rings. The van der Waals surface area contributed by atoms with Gasteiger partial charge in [0, 0.05) is 18.5 Å². The van der Waals surface area contributed by atoms with Crippen molar-refractivity contribution in [2.45, 2.75) is 39.7 Å². The van der Waals surface area contributed by atoms with Gasteiger partial charge in [0.1, 0.15) is 0 Å². The molecule has 148 valence electrons. The van der Waals surface area contributed by atoms with Crippen LogP contribution < -0.4 is 4.72 Å². The van der Waals surface area contributed by atoms with Crippen LogP contribution in [-0.4, -0.2) is 30.8 Å². The molecule has 0 radical (unpaired) electrons. The van der Waals surface area contributed by atoms with Crippen LogP contribution >= 0.6 is 0 Å². The standard InChI is InChI=1S/C21H25N3O3S/c1-4-21(25)24-20(18-9-7-6-8-15(18)3)14-19(22-24)16-10-12-17(13-11-16)23-28(26,27)5-2/h6-13,20,23H,4-5,14H2,1-3H3. The van der Waals surface area contributed by atoms with E-state index in [-0.39, 0.29) is 17.7 Å². The quantitative estimate of drug-likeness (QED) is 0.801. The highest BCUT2D eigenvalue weighted by Gasteiger charge is 2.33. The number of hydrogen-bond acceptors (Lipinski definition) is 4. The first-order valence-electron chi connectivity index (χ1n) is 9.40. The van der Waals surface area contributed by atoms with Crippen LogP contribution in [0.15, 0.2) is 53.6 Å². The lowest BCUT2D eigenvalue weighted by Crippen LogP contribution is -2.26. The van der Waals surface area contributed by atoms with Gasteiger partial charge in [-0.2, -0.15) is 5.10 Å². The summed E-state index contributed by atoms with van der Waals surface area (Å²) in [6.45, 7) is 5.46. The van der Waals surface area contributed by atoms with Gasteiger partial charge in [-0.1, -0.05) is 43.3 Å². The van der Waals surface area contributed by atoms with Gasteiger partial charge in [-0.15, -0.1) is 0 Å². The number of nitrogens with one attached hydrogen (secondary N) is 1. The number of hydrogen-bond donors (Lipinski definition) is 1. The Balaban J connectivity index is 1.88. The number of sulfonamides is 1. The Morgan fingerprint density at radius 1 is 1.14 bits per heavy atom. The Labute approximate surface area is 166 Å². The SMILES string of the molecule is CCC(=O)N1N=C(c2ccc(NS(=O)(=O)CC)cc2)CC1c1ccccc1C. The molecule has 0 spiro atoms. The maximum absolute atomic E-state index is 12.5. The Morgan fingerprint density at radius 2 is 1.82 bits per heavy atom. The predicted octanol–water partition coefficient (Wildman–Crippen LogP) is 3.84. The molecule has 7 heteroatoms. The average Bonchev–Trinajstić information content (AvgIpc) is 3.13. The molecule has 0 saturated heterocycles. The molecule has 2 aromatic rings. The topological polar surface area (TPSA) is 78.8 Å². The Morgan fingerprint density at radius 3 is 2.43 bits per heavy atom. The fraction of sp³-hybridized carbons (Fsp3) is 0.333. The van der Waals surface area contributed by atoms with Crippen molar-refractivity contribution < 1.29 is 13.2 Å². The van der Waals surface area contributed by atoms with E-state index in [0.29, 0.717) is 18.5 Å². The highest BCUT2D eigenvalue weighted by Crippen LogP contribution is 2.34. The minimum Gasteiger partial charge on any atom is -0.284 e. The second kappa shape index (κ2) is 8.14. The zero-order valence-electron chi connectivity index (χ0n) is 16.3. The number of benzene rings is 2. The van der Waals surface area contributed by atoms with Gasteiger partial charge < -0.3 is 0 Å². The highest BCUT2D eigenvalue weighted by molar-refractivity contribution is 7.92. The van der Waals surface area contributed by atoms with E-state index in [1.165, 1.54) is 0 Å². The summed E-state index contributed by atoms with van der Waals surface area (Å²) < 4.78 is 26.0. The zero-order valence-corrected chi connectivity index (χ0v) is 17.2. The molecule has 1 unspecified atom stereocenters. The predicted molar refractivity (Wildman–Crippen MR) is 112 cm³/mol. The van der Waals surface area contributed by atoms with Gasteiger partial charge in [-0.05, 0) is 42.7 Å². The Hall–Kier alpha value is -2.67. The molecule has 1 heterocycles. The number of rotatable bonds is 6. The molecule has 3 rings (SSSR count). The number of aryl methyl sites for hydroxylation is 1. The summed E-state index contributed by atoms with van der Waals surface area (Å²) in [6, 6.07) is 15.0. The molecular weight excluding hydrogens is 374 g/mol. The molecule has 1 N–H and O–H groups in total. The minimum absolute atomic E-state index is 0.0180. The van der Waals surface area contributed by atoms with E-state index in [1.807, 2.05) is 50.2 Å². The van der Waals surface area contributed by atoms with E-state index >= 15 is 0 Å². The van der Waals surface area contributed by atoms with Crippen molar-refractivity contribution >= 4 is 27.3 Å². The molecule has 28 heavy (non-hydrogen) atoms. The van der Waals surface area contributed by atoms with Crippen LogP contribution in [0.3, 0.4) is 0 Å². The number of carbonyl (C=O) groups is 1. The maximum atomic E-state index is 12.5. The molecule has 0 aliphatic carbocycles. The molecular formula is C21H25N3O3S. The first kappa shape index (κ1) is 20.1. The summed E-state index contributed by atoms with van der Waals surface area (Å²) in [7, 11) is -3.31. The van der Waals surface area contributed by atoms with E-state index in [9.17, 15) is 13.2 Å².